The first-order chi connectivity index (χ1) is 11.5. The second-order valence-electron chi connectivity index (χ2n) is 5.46. The van der Waals surface area contributed by atoms with Gasteiger partial charge in [-0.25, -0.2) is 0 Å². The largest absolute Gasteiger partial charge is 0.507 e. The molecule has 0 aliphatic carbocycles. The van der Waals surface area contributed by atoms with Crippen molar-refractivity contribution in [2.45, 2.75) is 13.5 Å². The Bertz CT molecular complexity index is 891. The quantitative estimate of drug-likeness (QED) is 0.623. The minimum Gasteiger partial charge on any atom is -0.507 e. The van der Waals surface area contributed by atoms with Crippen LogP contribution >= 0.6 is 15.9 Å². The van der Waals surface area contributed by atoms with Gasteiger partial charge < -0.3 is 19.7 Å². The number of benzene rings is 3. The van der Waals surface area contributed by atoms with Crippen molar-refractivity contribution in [1.29, 1.82) is 0 Å². The van der Waals surface area contributed by atoms with Gasteiger partial charge in [-0.05, 0) is 40.5 Å². The molecule has 0 heterocycles. The molecule has 0 bridgehead atoms. The van der Waals surface area contributed by atoms with Crippen molar-refractivity contribution in [3.05, 3.63) is 58.1 Å². The first-order valence-corrected chi connectivity index (χ1v) is 8.20. The molecule has 2 N–H and O–H groups in total. The number of hydrogen-bond donors (Lipinski definition) is 2. The first kappa shape index (κ1) is 16.5. The number of fused-ring (bicyclic) bond motifs is 1. The average molecular weight is 389 g/mol. The van der Waals surface area contributed by atoms with Crippen LogP contribution in [0.5, 0.6) is 23.0 Å². The fourth-order valence-corrected chi connectivity index (χ4v) is 3.09. The van der Waals surface area contributed by atoms with Gasteiger partial charge in [0.2, 0.25) is 0 Å². The summed E-state index contributed by atoms with van der Waals surface area (Å²) in [6, 6.07) is 12.9. The smallest absolute Gasteiger partial charge is 0.141 e. The number of ether oxygens (including phenoxy) is 2. The van der Waals surface area contributed by atoms with Crippen molar-refractivity contribution in [3.8, 4) is 23.0 Å². The van der Waals surface area contributed by atoms with Crippen molar-refractivity contribution >= 4 is 26.7 Å². The zero-order chi connectivity index (χ0) is 17.3. The standard InChI is InChI=1S/C19H17BrO4/c1-11-16(23-2)8-13-15(21)9-14(20)18(22)17(13)19(11)24-10-12-6-4-3-5-7-12/h3-9,21-22H,10H2,1-2H3. The van der Waals surface area contributed by atoms with Gasteiger partial charge in [-0.3, -0.25) is 0 Å². The van der Waals surface area contributed by atoms with E-state index in [1.165, 1.54) is 6.07 Å². The van der Waals surface area contributed by atoms with Crippen LogP contribution in [0.2, 0.25) is 0 Å². The molecule has 124 valence electrons. The highest BCUT2D eigenvalue weighted by molar-refractivity contribution is 9.10. The Balaban J connectivity index is 2.18. The maximum atomic E-state index is 10.5. The van der Waals surface area contributed by atoms with Crippen LogP contribution in [0, 0.1) is 6.92 Å². The lowest BCUT2D eigenvalue weighted by molar-refractivity contribution is 0.304. The normalized spacial score (nSPS) is 10.8. The summed E-state index contributed by atoms with van der Waals surface area (Å²) in [5.41, 5.74) is 1.76. The summed E-state index contributed by atoms with van der Waals surface area (Å²) in [6.45, 7) is 2.20. The van der Waals surface area contributed by atoms with E-state index in [-0.39, 0.29) is 11.5 Å². The Kier molecular flexibility index (Phi) is 4.53. The molecule has 4 nitrogen and oxygen atoms in total. The summed E-state index contributed by atoms with van der Waals surface area (Å²) in [5, 5.41) is 21.6. The summed E-state index contributed by atoms with van der Waals surface area (Å²) < 4.78 is 11.8. The maximum absolute atomic E-state index is 10.5. The topological polar surface area (TPSA) is 58.9 Å². The first-order valence-electron chi connectivity index (χ1n) is 7.41. The summed E-state index contributed by atoms with van der Waals surface area (Å²) in [7, 11) is 1.56. The molecule has 0 aromatic heterocycles. The maximum Gasteiger partial charge on any atom is 0.141 e. The zero-order valence-electron chi connectivity index (χ0n) is 13.3. The van der Waals surface area contributed by atoms with Gasteiger partial charge in [0.05, 0.1) is 17.0 Å². The fraction of sp³-hybridized carbons (Fsp3) is 0.158. The molecule has 0 atom stereocenters. The summed E-state index contributed by atoms with van der Waals surface area (Å²) in [5.74, 6) is 1.14. The molecular formula is C19H17BrO4. The van der Waals surface area contributed by atoms with E-state index < -0.39 is 0 Å². The third-order valence-corrected chi connectivity index (χ3v) is 4.53. The Morgan fingerprint density at radius 1 is 1.08 bits per heavy atom. The van der Waals surface area contributed by atoms with Gasteiger partial charge in [0.25, 0.3) is 0 Å². The van der Waals surface area contributed by atoms with Gasteiger partial charge in [0.15, 0.2) is 0 Å². The summed E-state index contributed by atoms with van der Waals surface area (Å²) in [6.07, 6.45) is 0. The Hall–Kier alpha value is -2.40. The monoisotopic (exact) mass is 388 g/mol. The van der Waals surface area contributed by atoms with Gasteiger partial charge in [-0.15, -0.1) is 0 Å². The third-order valence-electron chi connectivity index (χ3n) is 3.93. The SMILES string of the molecule is COc1cc2c(O)cc(Br)c(O)c2c(OCc2ccccc2)c1C. The van der Waals surface area contributed by atoms with E-state index in [0.717, 1.165) is 11.1 Å². The Labute approximate surface area is 148 Å². The number of phenols is 2. The van der Waals surface area contributed by atoms with Crippen molar-refractivity contribution in [2.24, 2.45) is 0 Å². The Morgan fingerprint density at radius 2 is 1.79 bits per heavy atom. The highest BCUT2D eigenvalue weighted by atomic mass is 79.9. The van der Waals surface area contributed by atoms with E-state index in [9.17, 15) is 10.2 Å². The number of rotatable bonds is 4. The van der Waals surface area contributed by atoms with Crippen molar-refractivity contribution in [1.82, 2.24) is 0 Å². The van der Waals surface area contributed by atoms with E-state index in [4.69, 9.17) is 9.47 Å². The number of phenolic OH excluding ortho intramolecular Hbond substituents is 2. The molecule has 24 heavy (non-hydrogen) atoms. The molecule has 0 spiro atoms. The molecule has 3 aromatic rings. The molecule has 0 amide bonds. The average Bonchev–Trinajstić information content (AvgIpc) is 2.59. The number of methoxy groups -OCH3 is 1. The van der Waals surface area contributed by atoms with Crippen LogP contribution < -0.4 is 9.47 Å². The van der Waals surface area contributed by atoms with Gasteiger partial charge in [-0.2, -0.15) is 0 Å². The molecule has 5 heteroatoms. The molecule has 3 aromatic carbocycles. The highest BCUT2D eigenvalue weighted by Crippen LogP contribution is 2.47. The van der Waals surface area contributed by atoms with Gasteiger partial charge in [0, 0.05) is 10.9 Å². The van der Waals surface area contributed by atoms with Crippen molar-refractivity contribution in [2.75, 3.05) is 7.11 Å². The van der Waals surface area contributed by atoms with E-state index in [2.05, 4.69) is 15.9 Å². The van der Waals surface area contributed by atoms with Crippen LogP contribution in [0.15, 0.2) is 46.9 Å². The molecular weight excluding hydrogens is 372 g/mol. The number of hydrogen-bond acceptors (Lipinski definition) is 4. The van der Waals surface area contributed by atoms with Crippen molar-refractivity contribution in [3.63, 3.8) is 0 Å². The van der Waals surface area contributed by atoms with Crippen LogP contribution in [-0.2, 0) is 6.61 Å². The van der Waals surface area contributed by atoms with E-state index in [1.54, 1.807) is 13.2 Å². The van der Waals surface area contributed by atoms with Crippen LogP contribution in [0.25, 0.3) is 10.8 Å². The van der Waals surface area contributed by atoms with Crippen LogP contribution in [0.4, 0.5) is 0 Å². The second-order valence-corrected chi connectivity index (χ2v) is 6.31. The number of halogens is 1. The van der Waals surface area contributed by atoms with Gasteiger partial charge in [-0.1, -0.05) is 30.3 Å². The van der Waals surface area contributed by atoms with Crippen LogP contribution in [-0.4, -0.2) is 17.3 Å². The zero-order valence-corrected chi connectivity index (χ0v) is 14.9. The lowest BCUT2D eigenvalue weighted by Gasteiger charge is -2.17. The Morgan fingerprint density at radius 3 is 2.46 bits per heavy atom. The second kappa shape index (κ2) is 6.61. The van der Waals surface area contributed by atoms with Crippen LogP contribution in [0.3, 0.4) is 0 Å². The molecule has 0 saturated carbocycles. The summed E-state index contributed by atoms with van der Waals surface area (Å²) >= 11 is 3.26. The van der Waals surface area contributed by atoms with Crippen LogP contribution in [0.1, 0.15) is 11.1 Å². The molecule has 3 rings (SSSR count). The van der Waals surface area contributed by atoms with Crippen molar-refractivity contribution < 1.29 is 19.7 Å². The summed E-state index contributed by atoms with van der Waals surface area (Å²) in [4.78, 5) is 0. The molecule has 0 radical (unpaired) electrons. The minimum atomic E-state index is 0.0246. The molecule has 0 aliphatic rings. The molecule has 0 unspecified atom stereocenters. The fourth-order valence-electron chi connectivity index (χ4n) is 2.68. The molecule has 0 fully saturated rings. The number of aromatic hydroxyl groups is 2. The van der Waals surface area contributed by atoms with E-state index in [0.29, 0.717) is 33.4 Å². The molecule has 0 aliphatic heterocycles. The highest BCUT2D eigenvalue weighted by Gasteiger charge is 2.20. The van der Waals surface area contributed by atoms with Gasteiger partial charge >= 0.3 is 0 Å². The lowest BCUT2D eigenvalue weighted by atomic mass is 10.0. The molecule has 0 saturated heterocycles. The van der Waals surface area contributed by atoms with E-state index in [1.807, 2.05) is 37.3 Å². The van der Waals surface area contributed by atoms with E-state index >= 15 is 0 Å². The predicted octanol–water partition coefficient (Wildman–Crippen LogP) is 4.91. The van der Waals surface area contributed by atoms with Gasteiger partial charge in [0.1, 0.15) is 29.6 Å². The minimum absolute atomic E-state index is 0.0246. The lowest BCUT2D eigenvalue weighted by Crippen LogP contribution is -2.00. The third kappa shape index (κ3) is 2.87. The predicted molar refractivity (Wildman–Crippen MR) is 97.0 cm³/mol.